The molecule has 3 rings (SSSR count). The summed E-state index contributed by atoms with van der Waals surface area (Å²) in [6.45, 7) is 4.01. The highest BCUT2D eigenvalue weighted by Gasteiger charge is 2.36. The number of hydrogen-bond donors (Lipinski definition) is 2. The number of aromatic nitrogens is 1. The Labute approximate surface area is 151 Å². The van der Waals surface area contributed by atoms with Gasteiger partial charge in [0.1, 0.15) is 0 Å². The molecule has 1 aliphatic carbocycles. The van der Waals surface area contributed by atoms with Gasteiger partial charge in [0, 0.05) is 10.4 Å². The molecule has 0 bridgehead atoms. The van der Waals surface area contributed by atoms with Crippen LogP contribution in [0.3, 0.4) is 0 Å². The van der Waals surface area contributed by atoms with E-state index in [4.69, 9.17) is 0 Å². The summed E-state index contributed by atoms with van der Waals surface area (Å²) in [5.41, 5.74) is 3.06. The number of carboxylic acids is 1. The van der Waals surface area contributed by atoms with Crippen molar-refractivity contribution in [3.63, 3.8) is 0 Å². The first-order chi connectivity index (χ1) is 12.0. The molecular weight excluding hydrogens is 336 g/mol. The number of thiazole rings is 1. The zero-order valence-corrected chi connectivity index (χ0v) is 15.2. The number of carbonyl (C=O) groups excluding carboxylic acids is 1. The van der Waals surface area contributed by atoms with Crippen molar-refractivity contribution in [2.45, 2.75) is 39.5 Å². The van der Waals surface area contributed by atoms with E-state index in [0.29, 0.717) is 18.0 Å². The third-order valence-electron chi connectivity index (χ3n) is 4.77. The van der Waals surface area contributed by atoms with E-state index in [9.17, 15) is 14.7 Å². The standard InChI is InChI=1S/C19H22N2O3S/c1-11-7-9-13(10-8-11)16-12(2)25-19(20-16)21-17(22)14-5-3-4-6-15(14)18(23)24/h7-10,14-15H,3-6H2,1-2H3,(H,23,24)(H,20,21,22)/t14-,15+/m1/s1. The van der Waals surface area contributed by atoms with Gasteiger partial charge >= 0.3 is 5.97 Å². The summed E-state index contributed by atoms with van der Waals surface area (Å²) < 4.78 is 0. The van der Waals surface area contributed by atoms with E-state index in [2.05, 4.69) is 10.3 Å². The Kier molecular flexibility index (Phi) is 5.18. The number of aliphatic carboxylic acids is 1. The lowest BCUT2D eigenvalue weighted by Gasteiger charge is -2.26. The molecule has 6 heteroatoms. The second-order valence-electron chi connectivity index (χ2n) is 6.61. The number of aryl methyl sites for hydroxylation is 2. The normalized spacial score (nSPS) is 20.2. The van der Waals surface area contributed by atoms with Gasteiger partial charge in [0.05, 0.1) is 17.5 Å². The number of carboxylic acid groups (broad SMARTS) is 1. The van der Waals surface area contributed by atoms with Crippen molar-refractivity contribution < 1.29 is 14.7 Å². The highest BCUT2D eigenvalue weighted by Crippen LogP contribution is 2.34. The van der Waals surface area contributed by atoms with Crippen LogP contribution in [0.2, 0.25) is 0 Å². The highest BCUT2D eigenvalue weighted by molar-refractivity contribution is 7.16. The molecule has 0 spiro atoms. The number of rotatable bonds is 4. The van der Waals surface area contributed by atoms with Crippen molar-refractivity contribution in [3.8, 4) is 11.3 Å². The Morgan fingerprint density at radius 1 is 1.12 bits per heavy atom. The zero-order valence-electron chi connectivity index (χ0n) is 14.4. The van der Waals surface area contributed by atoms with Crippen molar-refractivity contribution in [2.75, 3.05) is 5.32 Å². The first kappa shape index (κ1) is 17.6. The number of nitrogens with zero attached hydrogens (tertiary/aromatic N) is 1. The van der Waals surface area contributed by atoms with Gasteiger partial charge in [0.25, 0.3) is 0 Å². The summed E-state index contributed by atoms with van der Waals surface area (Å²) in [5, 5.41) is 12.7. The number of anilines is 1. The minimum atomic E-state index is -0.879. The molecule has 1 fully saturated rings. The number of hydrogen-bond acceptors (Lipinski definition) is 4. The summed E-state index contributed by atoms with van der Waals surface area (Å²) in [6, 6.07) is 8.10. The van der Waals surface area contributed by atoms with Crippen LogP contribution in [0.1, 0.15) is 36.1 Å². The van der Waals surface area contributed by atoms with Crippen LogP contribution < -0.4 is 5.32 Å². The van der Waals surface area contributed by atoms with Gasteiger partial charge in [0.15, 0.2) is 5.13 Å². The van der Waals surface area contributed by atoms with Crippen molar-refractivity contribution in [1.29, 1.82) is 0 Å². The van der Waals surface area contributed by atoms with Gasteiger partial charge in [-0.05, 0) is 26.7 Å². The molecule has 2 N–H and O–H groups in total. The van der Waals surface area contributed by atoms with Crippen molar-refractivity contribution >= 4 is 28.3 Å². The Bertz CT molecular complexity index is 782. The molecule has 5 nitrogen and oxygen atoms in total. The Balaban J connectivity index is 1.77. The summed E-state index contributed by atoms with van der Waals surface area (Å²) in [4.78, 5) is 29.6. The summed E-state index contributed by atoms with van der Waals surface area (Å²) in [6.07, 6.45) is 2.96. The zero-order chi connectivity index (χ0) is 18.0. The molecule has 0 aliphatic heterocycles. The average molecular weight is 358 g/mol. The maximum Gasteiger partial charge on any atom is 0.307 e. The number of amides is 1. The van der Waals surface area contributed by atoms with E-state index >= 15 is 0 Å². The van der Waals surface area contributed by atoms with E-state index in [0.717, 1.165) is 29.0 Å². The molecule has 1 heterocycles. The van der Waals surface area contributed by atoms with Gasteiger partial charge in [-0.1, -0.05) is 42.7 Å². The lowest BCUT2D eigenvalue weighted by atomic mass is 9.79. The summed E-state index contributed by atoms with van der Waals surface area (Å²) in [5.74, 6) is -2.17. The molecule has 1 aliphatic rings. The van der Waals surface area contributed by atoms with E-state index in [1.807, 2.05) is 38.1 Å². The fraction of sp³-hybridized carbons (Fsp3) is 0.421. The predicted octanol–water partition coefficient (Wildman–Crippen LogP) is 4.26. The Morgan fingerprint density at radius 2 is 1.76 bits per heavy atom. The molecule has 0 radical (unpaired) electrons. The maximum atomic E-state index is 12.6. The van der Waals surface area contributed by atoms with Crippen LogP contribution in [0.15, 0.2) is 24.3 Å². The van der Waals surface area contributed by atoms with Crippen molar-refractivity contribution in [1.82, 2.24) is 4.98 Å². The van der Waals surface area contributed by atoms with Gasteiger partial charge in [-0.25, -0.2) is 4.98 Å². The Morgan fingerprint density at radius 3 is 2.40 bits per heavy atom. The van der Waals surface area contributed by atoms with Gasteiger partial charge in [0.2, 0.25) is 5.91 Å². The molecule has 132 valence electrons. The van der Waals surface area contributed by atoms with Crippen LogP contribution >= 0.6 is 11.3 Å². The molecular formula is C19H22N2O3S. The molecule has 1 aromatic carbocycles. The van der Waals surface area contributed by atoms with Crippen LogP contribution in [-0.4, -0.2) is 22.0 Å². The smallest absolute Gasteiger partial charge is 0.307 e. The number of benzene rings is 1. The molecule has 1 aromatic heterocycles. The van der Waals surface area contributed by atoms with Crippen molar-refractivity contribution in [2.24, 2.45) is 11.8 Å². The van der Waals surface area contributed by atoms with Crippen LogP contribution in [0.4, 0.5) is 5.13 Å². The molecule has 2 aromatic rings. The third-order valence-corrected chi connectivity index (χ3v) is 5.66. The highest BCUT2D eigenvalue weighted by atomic mass is 32.1. The fourth-order valence-electron chi connectivity index (χ4n) is 3.37. The van der Waals surface area contributed by atoms with E-state index in [1.165, 1.54) is 16.9 Å². The van der Waals surface area contributed by atoms with Crippen LogP contribution in [0.25, 0.3) is 11.3 Å². The van der Waals surface area contributed by atoms with Gasteiger partial charge in [-0.2, -0.15) is 0 Å². The van der Waals surface area contributed by atoms with E-state index < -0.39 is 17.8 Å². The molecule has 0 saturated heterocycles. The van der Waals surface area contributed by atoms with Crippen LogP contribution in [0.5, 0.6) is 0 Å². The summed E-state index contributed by atoms with van der Waals surface area (Å²) in [7, 11) is 0. The lowest BCUT2D eigenvalue weighted by molar-refractivity contribution is -0.147. The predicted molar refractivity (Wildman–Crippen MR) is 98.7 cm³/mol. The monoisotopic (exact) mass is 358 g/mol. The summed E-state index contributed by atoms with van der Waals surface area (Å²) >= 11 is 1.42. The molecule has 1 saturated carbocycles. The van der Waals surface area contributed by atoms with Crippen LogP contribution in [-0.2, 0) is 9.59 Å². The van der Waals surface area contributed by atoms with E-state index in [-0.39, 0.29) is 5.91 Å². The fourth-order valence-corrected chi connectivity index (χ4v) is 4.21. The second-order valence-corrected chi connectivity index (χ2v) is 7.82. The molecule has 25 heavy (non-hydrogen) atoms. The second kappa shape index (κ2) is 7.35. The first-order valence-corrected chi connectivity index (χ1v) is 9.35. The van der Waals surface area contributed by atoms with Crippen molar-refractivity contribution in [3.05, 3.63) is 34.7 Å². The first-order valence-electron chi connectivity index (χ1n) is 8.54. The lowest BCUT2D eigenvalue weighted by Crippen LogP contribution is -2.36. The number of nitrogens with one attached hydrogen (secondary N) is 1. The SMILES string of the molecule is Cc1ccc(-c2nc(NC(=O)[C@@H]3CCCC[C@@H]3C(=O)O)sc2C)cc1. The van der Waals surface area contributed by atoms with Gasteiger partial charge in [-0.15, -0.1) is 11.3 Å². The average Bonchev–Trinajstić information content (AvgIpc) is 2.95. The Hall–Kier alpha value is -2.21. The maximum absolute atomic E-state index is 12.6. The topological polar surface area (TPSA) is 79.3 Å². The van der Waals surface area contributed by atoms with Crippen LogP contribution in [0, 0.1) is 25.7 Å². The van der Waals surface area contributed by atoms with Gasteiger partial charge < -0.3 is 10.4 Å². The largest absolute Gasteiger partial charge is 0.481 e. The molecule has 0 unspecified atom stereocenters. The quantitative estimate of drug-likeness (QED) is 0.856. The molecule has 1 amide bonds. The van der Waals surface area contributed by atoms with E-state index in [1.54, 1.807) is 0 Å². The third kappa shape index (κ3) is 3.90. The molecule has 2 atom stereocenters. The van der Waals surface area contributed by atoms with Gasteiger partial charge in [-0.3, -0.25) is 9.59 Å². The minimum Gasteiger partial charge on any atom is -0.481 e. The minimum absolute atomic E-state index is 0.226. The number of carbonyl (C=O) groups is 2.